The van der Waals surface area contributed by atoms with Crippen LogP contribution in [0.3, 0.4) is 0 Å². The molecule has 3 nitrogen and oxygen atoms in total. The van der Waals surface area contributed by atoms with Crippen molar-refractivity contribution in [3.8, 4) is 0 Å². The van der Waals surface area contributed by atoms with Crippen LogP contribution in [0.15, 0.2) is 59.9 Å². The second-order valence-corrected chi connectivity index (χ2v) is 4.91. The molecule has 0 saturated heterocycles. The fraction of sp³-hybridized carbons (Fsp3) is 0.111. The molecule has 2 aromatic rings. The van der Waals surface area contributed by atoms with Crippen LogP contribution in [0, 0.1) is 4.91 Å². The number of hydrogen-bond donors (Lipinski definition) is 0. The van der Waals surface area contributed by atoms with E-state index in [1.807, 2.05) is 37.3 Å². The monoisotopic (exact) mass is 276 g/mol. The minimum absolute atomic E-state index is 0.569. The van der Waals surface area contributed by atoms with Gasteiger partial charge in [-0.25, -0.2) is 5.01 Å². The van der Waals surface area contributed by atoms with E-state index in [1.54, 1.807) is 0 Å². The zero-order valence-electron chi connectivity index (χ0n) is 11.9. The summed E-state index contributed by atoms with van der Waals surface area (Å²) in [6, 6.07) is 16.2. The summed E-state index contributed by atoms with van der Waals surface area (Å²) in [5.41, 5.74) is 5.64. The summed E-state index contributed by atoms with van der Waals surface area (Å²) in [6.45, 7) is 2.47. The van der Waals surface area contributed by atoms with Gasteiger partial charge in [-0.15, -0.1) is 4.91 Å². The first-order valence-electron chi connectivity index (χ1n) is 7.02. The Labute approximate surface area is 124 Å². The molecule has 0 amide bonds. The highest BCUT2D eigenvalue weighted by molar-refractivity contribution is 5.97. The van der Waals surface area contributed by atoms with Gasteiger partial charge in [0.1, 0.15) is 0 Å². The quantitative estimate of drug-likeness (QED) is 0.595. The van der Waals surface area contributed by atoms with Crippen LogP contribution in [0.2, 0.25) is 0 Å². The summed E-state index contributed by atoms with van der Waals surface area (Å²) in [5, 5.41) is 4.43. The molecule has 0 saturated carbocycles. The predicted molar refractivity (Wildman–Crippen MR) is 88.6 cm³/mol. The highest BCUT2D eigenvalue weighted by atomic mass is 16.3. The Morgan fingerprint density at radius 1 is 1.05 bits per heavy atom. The minimum atomic E-state index is 0.569. The molecule has 0 atom stereocenters. The lowest BCUT2D eigenvalue weighted by Gasteiger charge is -2.12. The molecule has 0 spiro atoms. The van der Waals surface area contributed by atoms with Crippen molar-refractivity contribution in [2.75, 3.05) is 11.6 Å². The maximum Gasteiger partial charge on any atom is 0.0626 e. The highest BCUT2D eigenvalue weighted by Gasteiger charge is 2.09. The van der Waals surface area contributed by atoms with E-state index in [0.717, 1.165) is 11.3 Å². The van der Waals surface area contributed by atoms with E-state index in [4.69, 9.17) is 0 Å². The second kappa shape index (κ2) is 5.75. The molecule has 21 heavy (non-hydrogen) atoms. The lowest BCUT2D eigenvalue weighted by atomic mass is 10.0. The predicted octanol–water partition coefficient (Wildman–Crippen LogP) is 4.76. The average Bonchev–Trinajstić information content (AvgIpc) is 2.93. The molecule has 2 aromatic carbocycles. The van der Waals surface area contributed by atoms with Crippen molar-refractivity contribution in [2.45, 2.75) is 6.92 Å². The minimum Gasteiger partial charge on any atom is -0.230 e. The van der Waals surface area contributed by atoms with Gasteiger partial charge in [-0.2, -0.15) is 0 Å². The first kappa shape index (κ1) is 13.3. The molecular weight excluding hydrogens is 260 g/mol. The Balaban J connectivity index is 1.88. The van der Waals surface area contributed by atoms with Gasteiger partial charge in [0.2, 0.25) is 0 Å². The molecule has 0 unspecified atom stereocenters. The van der Waals surface area contributed by atoms with Crippen molar-refractivity contribution >= 4 is 23.4 Å². The molecule has 0 fully saturated rings. The molecule has 0 aromatic heterocycles. The normalized spacial score (nSPS) is 14.2. The van der Waals surface area contributed by atoms with E-state index in [9.17, 15) is 4.91 Å². The molecule has 0 radical (unpaired) electrons. The van der Waals surface area contributed by atoms with Gasteiger partial charge in [0, 0.05) is 6.54 Å². The number of rotatable bonds is 4. The van der Waals surface area contributed by atoms with E-state index in [1.165, 1.54) is 21.7 Å². The number of hydrogen-bond acceptors (Lipinski definition) is 2. The number of nitroso groups, excluding NO2 is 1. The molecule has 0 N–H and O–H groups in total. The van der Waals surface area contributed by atoms with E-state index in [2.05, 4.69) is 41.7 Å². The van der Waals surface area contributed by atoms with Crippen LogP contribution in [0.4, 0.5) is 5.69 Å². The molecule has 1 aliphatic rings. The van der Waals surface area contributed by atoms with Crippen LogP contribution < -0.4 is 5.01 Å². The fourth-order valence-corrected chi connectivity index (χ4v) is 2.51. The van der Waals surface area contributed by atoms with Gasteiger partial charge < -0.3 is 0 Å². The van der Waals surface area contributed by atoms with Crippen molar-refractivity contribution < 1.29 is 0 Å². The lowest BCUT2D eigenvalue weighted by Crippen LogP contribution is -2.13. The van der Waals surface area contributed by atoms with E-state index >= 15 is 0 Å². The Morgan fingerprint density at radius 2 is 1.81 bits per heavy atom. The average molecular weight is 276 g/mol. The number of anilines is 1. The molecule has 1 aliphatic carbocycles. The van der Waals surface area contributed by atoms with Crippen LogP contribution in [0.1, 0.15) is 23.6 Å². The van der Waals surface area contributed by atoms with E-state index < -0.39 is 0 Å². The summed E-state index contributed by atoms with van der Waals surface area (Å²) >= 11 is 0. The standard InChI is InChI=1S/C18H16N2O/c1-2-20(19-21)17-11-7-14(8-12-17)13-16-10-9-15-5-3-4-6-18(15)16/h3-13H,2H2,1H3/b16-13-. The van der Waals surface area contributed by atoms with Crippen LogP contribution in [0.25, 0.3) is 17.7 Å². The smallest absolute Gasteiger partial charge is 0.0626 e. The molecule has 0 bridgehead atoms. The van der Waals surface area contributed by atoms with Gasteiger partial charge in [0.25, 0.3) is 0 Å². The summed E-state index contributed by atoms with van der Waals surface area (Å²) in [4.78, 5) is 10.7. The second-order valence-electron chi connectivity index (χ2n) is 4.91. The van der Waals surface area contributed by atoms with Gasteiger partial charge in [-0.3, -0.25) is 0 Å². The molecule has 0 heterocycles. The van der Waals surface area contributed by atoms with Gasteiger partial charge in [-0.05, 0) is 47.4 Å². The molecule has 104 valence electrons. The molecule has 3 heteroatoms. The molecular formula is C18H16N2O. The Kier molecular flexibility index (Phi) is 3.65. The first-order valence-corrected chi connectivity index (χ1v) is 7.02. The summed E-state index contributed by atoms with van der Waals surface area (Å²) < 4.78 is 0. The van der Waals surface area contributed by atoms with Gasteiger partial charge >= 0.3 is 0 Å². The SMILES string of the molecule is CCN(N=O)c1ccc(/C=C2/C=Cc3ccccc32)cc1. The van der Waals surface area contributed by atoms with Crippen LogP contribution in [0.5, 0.6) is 0 Å². The van der Waals surface area contributed by atoms with Crippen molar-refractivity contribution in [2.24, 2.45) is 5.29 Å². The van der Waals surface area contributed by atoms with Gasteiger partial charge in [0.15, 0.2) is 0 Å². The number of benzene rings is 2. The zero-order chi connectivity index (χ0) is 14.7. The largest absolute Gasteiger partial charge is 0.230 e. The zero-order valence-corrected chi connectivity index (χ0v) is 11.9. The van der Waals surface area contributed by atoms with Crippen molar-refractivity contribution in [1.29, 1.82) is 0 Å². The third kappa shape index (κ3) is 2.63. The number of fused-ring (bicyclic) bond motifs is 1. The molecule has 3 rings (SSSR count). The fourth-order valence-electron chi connectivity index (χ4n) is 2.51. The van der Waals surface area contributed by atoms with Gasteiger partial charge in [0.05, 0.1) is 11.0 Å². The van der Waals surface area contributed by atoms with Crippen molar-refractivity contribution in [1.82, 2.24) is 0 Å². The van der Waals surface area contributed by atoms with E-state index in [0.29, 0.717) is 6.54 Å². The number of allylic oxidation sites excluding steroid dienone is 2. The lowest BCUT2D eigenvalue weighted by molar-refractivity contribution is 0.885. The van der Waals surface area contributed by atoms with Crippen molar-refractivity contribution in [3.05, 3.63) is 76.2 Å². The Hall–Kier alpha value is -2.68. The Morgan fingerprint density at radius 3 is 2.52 bits per heavy atom. The number of nitrogens with zero attached hydrogens (tertiary/aromatic N) is 2. The third-order valence-electron chi connectivity index (χ3n) is 3.63. The maximum atomic E-state index is 10.7. The topological polar surface area (TPSA) is 32.7 Å². The summed E-state index contributed by atoms with van der Waals surface area (Å²) in [5.74, 6) is 0. The van der Waals surface area contributed by atoms with Crippen LogP contribution >= 0.6 is 0 Å². The van der Waals surface area contributed by atoms with Crippen LogP contribution in [-0.2, 0) is 0 Å². The van der Waals surface area contributed by atoms with Gasteiger partial charge in [-0.1, -0.05) is 48.6 Å². The molecule has 0 aliphatic heterocycles. The van der Waals surface area contributed by atoms with Crippen LogP contribution in [-0.4, -0.2) is 6.54 Å². The summed E-state index contributed by atoms with van der Waals surface area (Å²) in [6.07, 6.45) is 6.41. The maximum absolute atomic E-state index is 10.7. The first-order chi connectivity index (χ1) is 10.3. The summed E-state index contributed by atoms with van der Waals surface area (Å²) in [7, 11) is 0. The third-order valence-corrected chi connectivity index (χ3v) is 3.63. The van der Waals surface area contributed by atoms with Crippen molar-refractivity contribution in [3.63, 3.8) is 0 Å². The highest BCUT2D eigenvalue weighted by Crippen LogP contribution is 2.30. The Bertz CT molecular complexity index is 714. The van der Waals surface area contributed by atoms with E-state index in [-0.39, 0.29) is 0 Å².